The van der Waals surface area contributed by atoms with Gasteiger partial charge in [0.25, 0.3) is 0 Å². The summed E-state index contributed by atoms with van der Waals surface area (Å²) in [7, 11) is 0. The molecule has 0 amide bonds. The van der Waals surface area contributed by atoms with Crippen LogP contribution in [0.15, 0.2) is 16.3 Å². The number of nitrogens with zero attached hydrogens (tertiary/aromatic N) is 2. The number of allylic oxidation sites excluding steroid dienone is 1. The van der Waals surface area contributed by atoms with E-state index in [0.717, 1.165) is 30.9 Å². The number of carboxylic acids is 1. The smallest absolute Gasteiger partial charge is 0.335 e. The molecule has 0 aromatic rings. The van der Waals surface area contributed by atoms with Crippen LogP contribution in [-0.4, -0.2) is 40.1 Å². The lowest BCUT2D eigenvalue weighted by Crippen LogP contribution is -2.56. The van der Waals surface area contributed by atoms with Crippen molar-refractivity contribution in [3.05, 3.63) is 11.3 Å². The molecule has 0 radical (unpaired) electrons. The number of hydrogen-bond acceptors (Lipinski definition) is 4. The molecule has 1 fully saturated rings. The fourth-order valence-electron chi connectivity index (χ4n) is 4.38. The maximum Gasteiger partial charge on any atom is 0.335 e. The minimum atomic E-state index is -0.794. The molecule has 3 unspecified atom stereocenters. The fourth-order valence-corrected chi connectivity index (χ4v) is 4.38. The zero-order valence-electron chi connectivity index (χ0n) is 14.3. The Bertz CT molecular complexity index is 526. The number of carbonyl (C=O) groups is 1. The highest BCUT2D eigenvalue weighted by Gasteiger charge is 2.46. The van der Waals surface area contributed by atoms with Gasteiger partial charge in [0.1, 0.15) is 0 Å². The highest BCUT2D eigenvalue weighted by molar-refractivity contribution is 5.95. The van der Waals surface area contributed by atoms with Crippen molar-refractivity contribution in [3.8, 4) is 0 Å². The first-order chi connectivity index (χ1) is 11.1. The second-order valence-electron chi connectivity index (χ2n) is 7.17. The Hall–Kier alpha value is -1.52. The van der Waals surface area contributed by atoms with E-state index in [9.17, 15) is 9.90 Å². The van der Waals surface area contributed by atoms with Crippen molar-refractivity contribution in [1.82, 2.24) is 10.2 Å². The predicted octanol–water partition coefficient (Wildman–Crippen LogP) is 3.27. The Balaban J connectivity index is 1.67. The molecule has 0 aliphatic carbocycles. The van der Waals surface area contributed by atoms with Gasteiger partial charge < -0.3 is 15.3 Å². The molecule has 0 aromatic carbocycles. The van der Waals surface area contributed by atoms with Gasteiger partial charge in [0, 0.05) is 11.7 Å². The summed E-state index contributed by atoms with van der Waals surface area (Å²) in [5.74, 6) is 0.127. The molecular formula is C18H29N3O2. The van der Waals surface area contributed by atoms with Crippen molar-refractivity contribution in [1.29, 1.82) is 0 Å². The third-order valence-electron chi connectivity index (χ3n) is 5.50. The number of aliphatic carboxylic acids is 1. The standard InChI is InChI=1S/C18H29N3O2/c1-3-4-5-6-7-8-13-11-14-9-10-15-16(17(22)23)12(2)19-18(20-13)21(14)15/h13-15H,3-11H2,1-2H3,(H,19,20)(H,22,23). The lowest BCUT2D eigenvalue weighted by Gasteiger charge is -2.42. The van der Waals surface area contributed by atoms with Crippen LogP contribution in [0.3, 0.4) is 0 Å². The van der Waals surface area contributed by atoms with Gasteiger partial charge in [0.2, 0.25) is 0 Å². The lowest BCUT2D eigenvalue weighted by atomic mass is 9.98. The molecular weight excluding hydrogens is 290 g/mol. The summed E-state index contributed by atoms with van der Waals surface area (Å²) in [6.07, 6.45) is 10.8. The predicted molar refractivity (Wildman–Crippen MR) is 91.3 cm³/mol. The number of guanidine groups is 1. The van der Waals surface area contributed by atoms with Crippen LogP contribution in [0.1, 0.15) is 71.6 Å². The molecule has 23 heavy (non-hydrogen) atoms. The van der Waals surface area contributed by atoms with Crippen LogP contribution in [0.5, 0.6) is 0 Å². The normalized spacial score (nSPS) is 29.2. The van der Waals surface area contributed by atoms with Crippen LogP contribution in [0.2, 0.25) is 0 Å². The van der Waals surface area contributed by atoms with Gasteiger partial charge in [-0.05, 0) is 32.6 Å². The van der Waals surface area contributed by atoms with Crippen LogP contribution in [0, 0.1) is 0 Å². The van der Waals surface area contributed by atoms with Gasteiger partial charge in [0.15, 0.2) is 5.96 Å². The Morgan fingerprint density at radius 2 is 2.09 bits per heavy atom. The number of nitrogens with one attached hydrogen (secondary N) is 1. The van der Waals surface area contributed by atoms with Crippen LogP contribution >= 0.6 is 0 Å². The van der Waals surface area contributed by atoms with Gasteiger partial charge in [-0.15, -0.1) is 0 Å². The molecule has 3 rings (SSSR count). The van der Waals surface area contributed by atoms with E-state index in [-0.39, 0.29) is 6.04 Å². The summed E-state index contributed by atoms with van der Waals surface area (Å²) < 4.78 is 0. The van der Waals surface area contributed by atoms with E-state index in [1.165, 1.54) is 38.5 Å². The summed E-state index contributed by atoms with van der Waals surface area (Å²) in [6, 6.07) is 0.879. The number of rotatable bonds is 7. The molecule has 0 bridgehead atoms. The molecule has 0 aromatic heterocycles. The van der Waals surface area contributed by atoms with Gasteiger partial charge in [-0.2, -0.15) is 0 Å². The van der Waals surface area contributed by atoms with Gasteiger partial charge >= 0.3 is 5.97 Å². The summed E-state index contributed by atoms with van der Waals surface area (Å²) >= 11 is 0. The molecule has 0 saturated carbocycles. The van der Waals surface area contributed by atoms with Crippen LogP contribution in [0.4, 0.5) is 0 Å². The Labute approximate surface area is 138 Å². The van der Waals surface area contributed by atoms with E-state index >= 15 is 0 Å². The first kappa shape index (κ1) is 16.3. The summed E-state index contributed by atoms with van der Waals surface area (Å²) in [6.45, 7) is 4.11. The molecule has 3 atom stereocenters. The largest absolute Gasteiger partial charge is 0.478 e. The maximum atomic E-state index is 11.6. The highest BCUT2D eigenvalue weighted by atomic mass is 16.4. The number of aliphatic imine (C=N–C) groups is 1. The number of hydrogen-bond donors (Lipinski definition) is 2. The molecule has 2 N–H and O–H groups in total. The Morgan fingerprint density at radius 3 is 2.83 bits per heavy atom. The molecule has 128 valence electrons. The van der Waals surface area contributed by atoms with Crippen molar-refractivity contribution >= 4 is 11.9 Å². The minimum absolute atomic E-state index is 0.0167. The van der Waals surface area contributed by atoms with Crippen molar-refractivity contribution in [3.63, 3.8) is 0 Å². The van der Waals surface area contributed by atoms with Crippen molar-refractivity contribution in [2.24, 2.45) is 4.99 Å². The quantitative estimate of drug-likeness (QED) is 0.707. The van der Waals surface area contributed by atoms with E-state index in [2.05, 4.69) is 17.1 Å². The average molecular weight is 319 g/mol. The Morgan fingerprint density at radius 1 is 1.30 bits per heavy atom. The Kier molecular flexibility index (Phi) is 4.93. The molecule has 0 spiro atoms. The molecule has 3 aliphatic rings. The van der Waals surface area contributed by atoms with E-state index in [4.69, 9.17) is 4.99 Å². The zero-order chi connectivity index (χ0) is 16.4. The van der Waals surface area contributed by atoms with Gasteiger partial charge in [0.05, 0.1) is 17.7 Å². The van der Waals surface area contributed by atoms with Gasteiger partial charge in [-0.1, -0.05) is 39.0 Å². The van der Waals surface area contributed by atoms with Crippen molar-refractivity contribution in [2.75, 3.05) is 0 Å². The lowest BCUT2D eigenvalue weighted by molar-refractivity contribution is -0.133. The first-order valence-electron chi connectivity index (χ1n) is 9.19. The van der Waals surface area contributed by atoms with E-state index in [0.29, 0.717) is 17.7 Å². The highest BCUT2D eigenvalue weighted by Crippen LogP contribution is 2.38. The molecule has 5 heteroatoms. The minimum Gasteiger partial charge on any atom is -0.478 e. The van der Waals surface area contributed by atoms with Crippen molar-refractivity contribution in [2.45, 2.75) is 89.8 Å². The third kappa shape index (κ3) is 3.24. The molecule has 5 nitrogen and oxygen atoms in total. The first-order valence-corrected chi connectivity index (χ1v) is 9.19. The van der Waals surface area contributed by atoms with Gasteiger partial charge in [-0.25, -0.2) is 9.79 Å². The number of unbranched alkanes of at least 4 members (excludes halogenated alkanes) is 4. The van der Waals surface area contributed by atoms with Crippen LogP contribution in [0.25, 0.3) is 0 Å². The molecule has 1 saturated heterocycles. The second-order valence-corrected chi connectivity index (χ2v) is 7.17. The van der Waals surface area contributed by atoms with Gasteiger partial charge in [-0.3, -0.25) is 0 Å². The second kappa shape index (κ2) is 6.93. The summed E-state index contributed by atoms with van der Waals surface area (Å²) in [5.41, 5.74) is 1.30. The average Bonchev–Trinajstić information content (AvgIpc) is 2.91. The summed E-state index contributed by atoms with van der Waals surface area (Å²) in [5, 5.41) is 12.8. The molecule has 3 aliphatic heterocycles. The third-order valence-corrected chi connectivity index (χ3v) is 5.50. The zero-order valence-corrected chi connectivity index (χ0v) is 14.3. The van der Waals surface area contributed by atoms with Crippen LogP contribution < -0.4 is 5.32 Å². The van der Waals surface area contributed by atoms with E-state index < -0.39 is 5.97 Å². The monoisotopic (exact) mass is 319 g/mol. The fraction of sp³-hybridized carbons (Fsp3) is 0.778. The number of carboxylic acid groups (broad SMARTS) is 1. The summed E-state index contributed by atoms with van der Waals surface area (Å²) in [4.78, 5) is 18.7. The molecule has 3 heterocycles. The maximum absolute atomic E-state index is 11.6. The van der Waals surface area contributed by atoms with Crippen molar-refractivity contribution < 1.29 is 9.90 Å². The van der Waals surface area contributed by atoms with Crippen LogP contribution in [-0.2, 0) is 4.79 Å². The van der Waals surface area contributed by atoms with E-state index in [1.807, 2.05) is 6.92 Å². The SMILES string of the molecule is CCCCCCCC1CC2CCC3C(C(=O)O)=C(C)NC(=N1)N23. The van der Waals surface area contributed by atoms with E-state index in [1.54, 1.807) is 0 Å². The topological polar surface area (TPSA) is 64.9 Å².